The standard InChI is InChI=1S/C50H34N2/c1-3-16-43(17-4-1)51(46-28-29-48-47-20-9-10-21-49(47)52(50(48)34-46)44-18-5-2-6-19-44)45-27-26-36-23-25-41(32-42(36)33-45)39-15-11-14-38(31-39)40-24-22-35-12-7-8-13-37(35)30-40/h1-34H. The molecule has 0 saturated heterocycles. The van der Waals surface area contributed by atoms with Crippen LogP contribution in [0.2, 0.25) is 0 Å². The van der Waals surface area contributed by atoms with Gasteiger partial charge in [-0.05, 0) is 117 Å². The van der Waals surface area contributed by atoms with Gasteiger partial charge in [0.2, 0.25) is 0 Å². The van der Waals surface area contributed by atoms with Crippen LogP contribution in [0.5, 0.6) is 0 Å². The molecule has 9 aromatic carbocycles. The highest BCUT2D eigenvalue weighted by Gasteiger charge is 2.18. The summed E-state index contributed by atoms with van der Waals surface area (Å²) in [5, 5.41) is 7.42. The van der Waals surface area contributed by atoms with Gasteiger partial charge in [0.25, 0.3) is 0 Å². The molecule has 0 amide bonds. The van der Waals surface area contributed by atoms with E-state index in [1.165, 1.54) is 65.6 Å². The van der Waals surface area contributed by atoms with Crippen LogP contribution in [0, 0.1) is 0 Å². The predicted molar refractivity (Wildman–Crippen MR) is 221 cm³/mol. The first kappa shape index (κ1) is 30.0. The smallest absolute Gasteiger partial charge is 0.0561 e. The summed E-state index contributed by atoms with van der Waals surface area (Å²) in [5.74, 6) is 0. The topological polar surface area (TPSA) is 8.17 Å². The lowest BCUT2D eigenvalue weighted by atomic mass is 9.96. The molecule has 1 heterocycles. The molecular weight excluding hydrogens is 629 g/mol. The SMILES string of the molecule is c1ccc(N(c2ccc3ccc(-c4cccc(-c5ccc6ccccc6c5)c4)cc3c2)c2ccc3c4ccccc4n(-c4ccccc4)c3c2)cc1. The number of hydrogen-bond acceptors (Lipinski definition) is 1. The third kappa shape index (κ3) is 5.21. The number of hydrogen-bond donors (Lipinski definition) is 0. The zero-order valence-corrected chi connectivity index (χ0v) is 28.5. The molecule has 0 radical (unpaired) electrons. The molecule has 52 heavy (non-hydrogen) atoms. The lowest BCUT2D eigenvalue weighted by Crippen LogP contribution is -2.10. The fourth-order valence-corrected chi connectivity index (χ4v) is 7.78. The number of nitrogens with zero attached hydrogens (tertiary/aromatic N) is 2. The Morgan fingerprint density at radius 1 is 0.288 bits per heavy atom. The van der Waals surface area contributed by atoms with Crippen LogP contribution in [-0.4, -0.2) is 4.57 Å². The van der Waals surface area contributed by atoms with Crippen LogP contribution in [-0.2, 0) is 0 Å². The summed E-state index contributed by atoms with van der Waals surface area (Å²) in [6, 6.07) is 74.8. The molecule has 0 unspecified atom stereocenters. The minimum Gasteiger partial charge on any atom is -0.310 e. The normalized spacial score (nSPS) is 11.5. The maximum atomic E-state index is 2.38. The van der Waals surface area contributed by atoms with Gasteiger partial charge in [0, 0.05) is 33.5 Å². The number of aromatic nitrogens is 1. The predicted octanol–water partition coefficient (Wildman–Crippen LogP) is 13.9. The maximum absolute atomic E-state index is 2.38. The van der Waals surface area contributed by atoms with Crippen molar-refractivity contribution >= 4 is 60.4 Å². The average molecular weight is 663 g/mol. The summed E-state index contributed by atoms with van der Waals surface area (Å²) in [5.41, 5.74) is 11.7. The Labute approximate surface area is 303 Å². The Morgan fingerprint density at radius 2 is 0.846 bits per heavy atom. The van der Waals surface area contributed by atoms with E-state index >= 15 is 0 Å². The van der Waals surface area contributed by atoms with E-state index in [4.69, 9.17) is 0 Å². The number of fused-ring (bicyclic) bond motifs is 5. The average Bonchev–Trinajstić information content (AvgIpc) is 3.55. The summed E-state index contributed by atoms with van der Waals surface area (Å²) in [6.45, 7) is 0. The fourth-order valence-electron chi connectivity index (χ4n) is 7.78. The van der Waals surface area contributed by atoms with Crippen molar-refractivity contribution in [1.82, 2.24) is 4.57 Å². The molecule has 0 fully saturated rings. The molecule has 10 rings (SSSR count). The van der Waals surface area contributed by atoms with E-state index in [1.54, 1.807) is 0 Å². The molecule has 0 spiro atoms. The Balaban J connectivity index is 1.09. The Kier molecular flexibility index (Phi) is 7.18. The minimum absolute atomic E-state index is 1.11. The Bertz CT molecular complexity index is 2900. The first-order chi connectivity index (χ1) is 25.8. The van der Waals surface area contributed by atoms with Gasteiger partial charge in [-0.1, -0.05) is 133 Å². The van der Waals surface area contributed by atoms with Crippen molar-refractivity contribution in [2.45, 2.75) is 0 Å². The zero-order valence-electron chi connectivity index (χ0n) is 28.5. The molecule has 1 aromatic heterocycles. The van der Waals surface area contributed by atoms with E-state index in [0.29, 0.717) is 0 Å². The molecule has 0 N–H and O–H groups in total. The van der Waals surface area contributed by atoms with E-state index in [0.717, 1.165) is 22.7 Å². The van der Waals surface area contributed by atoms with Gasteiger partial charge in [0.05, 0.1) is 11.0 Å². The molecular formula is C50H34N2. The molecule has 0 aliphatic heterocycles. The van der Waals surface area contributed by atoms with Gasteiger partial charge in [-0.25, -0.2) is 0 Å². The van der Waals surface area contributed by atoms with Crippen LogP contribution in [0.25, 0.3) is 71.3 Å². The van der Waals surface area contributed by atoms with Crippen molar-refractivity contribution in [3.63, 3.8) is 0 Å². The van der Waals surface area contributed by atoms with Crippen LogP contribution in [0.15, 0.2) is 206 Å². The number of anilines is 3. The monoisotopic (exact) mass is 662 g/mol. The van der Waals surface area contributed by atoms with Crippen molar-refractivity contribution < 1.29 is 0 Å². The van der Waals surface area contributed by atoms with Crippen LogP contribution in [0.3, 0.4) is 0 Å². The molecule has 0 bridgehead atoms. The van der Waals surface area contributed by atoms with Crippen molar-refractivity contribution in [1.29, 1.82) is 0 Å². The van der Waals surface area contributed by atoms with Gasteiger partial charge >= 0.3 is 0 Å². The quantitative estimate of drug-likeness (QED) is 0.172. The van der Waals surface area contributed by atoms with Gasteiger partial charge < -0.3 is 9.47 Å². The highest BCUT2D eigenvalue weighted by atomic mass is 15.1. The van der Waals surface area contributed by atoms with E-state index in [1.807, 2.05) is 0 Å². The molecule has 0 atom stereocenters. The fraction of sp³-hybridized carbons (Fsp3) is 0. The number of rotatable bonds is 6. The lowest BCUT2D eigenvalue weighted by Gasteiger charge is -2.26. The summed E-state index contributed by atoms with van der Waals surface area (Å²) >= 11 is 0. The van der Waals surface area contributed by atoms with Crippen LogP contribution in [0.4, 0.5) is 17.1 Å². The van der Waals surface area contributed by atoms with E-state index in [-0.39, 0.29) is 0 Å². The second-order valence-electron chi connectivity index (χ2n) is 13.4. The maximum Gasteiger partial charge on any atom is 0.0561 e. The molecule has 2 heteroatoms. The van der Waals surface area contributed by atoms with Gasteiger partial charge in [-0.3, -0.25) is 0 Å². The molecule has 244 valence electrons. The summed E-state index contributed by atoms with van der Waals surface area (Å²) < 4.78 is 2.38. The Hall–Kier alpha value is -6.90. The largest absolute Gasteiger partial charge is 0.310 e. The molecule has 10 aromatic rings. The van der Waals surface area contributed by atoms with Crippen LogP contribution in [0.1, 0.15) is 0 Å². The molecule has 0 aliphatic carbocycles. The van der Waals surface area contributed by atoms with Gasteiger partial charge in [-0.15, -0.1) is 0 Å². The number of benzene rings is 9. The van der Waals surface area contributed by atoms with Crippen molar-refractivity contribution in [3.05, 3.63) is 206 Å². The first-order valence-electron chi connectivity index (χ1n) is 17.8. The zero-order chi connectivity index (χ0) is 34.4. The highest BCUT2D eigenvalue weighted by molar-refractivity contribution is 6.10. The summed E-state index contributed by atoms with van der Waals surface area (Å²) in [4.78, 5) is 2.37. The second-order valence-corrected chi connectivity index (χ2v) is 13.4. The number of para-hydroxylation sites is 3. The van der Waals surface area contributed by atoms with E-state index in [2.05, 4.69) is 216 Å². The third-order valence-corrected chi connectivity index (χ3v) is 10.3. The second kappa shape index (κ2) is 12.5. The molecule has 2 nitrogen and oxygen atoms in total. The summed E-state index contributed by atoms with van der Waals surface area (Å²) in [7, 11) is 0. The van der Waals surface area contributed by atoms with Crippen LogP contribution >= 0.6 is 0 Å². The van der Waals surface area contributed by atoms with Crippen molar-refractivity contribution in [3.8, 4) is 27.9 Å². The van der Waals surface area contributed by atoms with E-state index in [9.17, 15) is 0 Å². The minimum atomic E-state index is 1.11. The molecule has 0 aliphatic rings. The molecule has 0 saturated carbocycles. The van der Waals surface area contributed by atoms with Crippen LogP contribution < -0.4 is 4.90 Å². The van der Waals surface area contributed by atoms with Gasteiger partial charge in [0.15, 0.2) is 0 Å². The highest BCUT2D eigenvalue weighted by Crippen LogP contribution is 2.41. The van der Waals surface area contributed by atoms with Gasteiger partial charge in [0.1, 0.15) is 0 Å². The first-order valence-corrected chi connectivity index (χ1v) is 17.8. The summed E-state index contributed by atoms with van der Waals surface area (Å²) in [6.07, 6.45) is 0. The van der Waals surface area contributed by atoms with E-state index < -0.39 is 0 Å². The lowest BCUT2D eigenvalue weighted by molar-refractivity contribution is 1.18. The Morgan fingerprint density at radius 3 is 1.63 bits per heavy atom. The van der Waals surface area contributed by atoms with Crippen molar-refractivity contribution in [2.75, 3.05) is 4.90 Å². The van der Waals surface area contributed by atoms with Crippen molar-refractivity contribution in [2.24, 2.45) is 0 Å². The third-order valence-electron chi connectivity index (χ3n) is 10.3. The van der Waals surface area contributed by atoms with Gasteiger partial charge in [-0.2, -0.15) is 0 Å².